The van der Waals surface area contributed by atoms with Crippen molar-refractivity contribution in [1.29, 1.82) is 0 Å². The number of hydrogen-bond acceptors (Lipinski definition) is 4. The van der Waals surface area contributed by atoms with Crippen LogP contribution in [0.4, 0.5) is 0 Å². The summed E-state index contributed by atoms with van der Waals surface area (Å²) in [6.45, 7) is 0. The fourth-order valence-corrected chi connectivity index (χ4v) is 7.38. The normalized spacial score (nSPS) is 11.3. The molecule has 0 amide bonds. The van der Waals surface area contributed by atoms with E-state index in [0.29, 0.717) is 17.5 Å². The molecule has 0 saturated carbocycles. The quantitative estimate of drug-likeness (QED) is 0.163. The van der Waals surface area contributed by atoms with Crippen molar-refractivity contribution in [2.75, 3.05) is 0 Å². The summed E-state index contributed by atoms with van der Waals surface area (Å²) in [5.41, 5.74) is 9.43. The van der Waals surface area contributed by atoms with Crippen molar-refractivity contribution in [3.05, 3.63) is 194 Å². The summed E-state index contributed by atoms with van der Waals surface area (Å²) in [4.78, 5) is 19.7. The van der Waals surface area contributed by atoms with Crippen molar-refractivity contribution < 1.29 is 0 Å². The van der Waals surface area contributed by atoms with Crippen LogP contribution in [0.15, 0.2) is 194 Å². The first-order valence-electron chi connectivity index (χ1n) is 18.1. The Labute approximate surface area is 313 Å². The molecular weight excluding hydrogens is 657 g/mol. The van der Waals surface area contributed by atoms with Crippen LogP contribution in [0.2, 0.25) is 0 Å². The summed E-state index contributed by atoms with van der Waals surface area (Å²) in [6, 6.07) is 64.1. The summed E-state index contributed by atoms with van der Waals surface area (Å²) in [7, 11) is 0. The van der Waals surface area contributed by atoms with E-state index in [9.17, 15) is 0 Å². The van der Waals surface area contributed by atoms with E-state index in [1.54, 1.807) is 0 Å². The van der Waals surface area contributed by atoms with E-state index >= 15 is 0 Å². The van der Waals surface area contributed by atoms with Gasteiger partial charge >= 0.3 is 0 Å². The highest BCUT2D eigenvalue weighted by Gasteiger charge is 2.16. The maximum atomic E-state index is 5.22. The lowest BCUT2D eigenvalue weighted by molar-refractivity contribution is 1.07. The molecule has 0 aliphatic heterocycles. The van der Waals surface area contributed by atoms with Gasteiger partial charge in [0, 0.05) is 29.1 Å². The second kappa shape index (κ2) is 13.4. The molecule has 0 bridgehead atoms. The minimum absolute atomic E-state index is 0.617. The smallest absolute Gasteiger partial charge is 0.164 e. The van der Waals surface area contributed by atoms with Gasteiger partial charge in [-0.3, -0.25) is 4.98 Å². The largest absolute Gasteiger partial charge is 0.265 e. The Hall–Kier alpha value is -7.30. The van der Waals surface area contributed by atoms with E-state index in [4.69, 9.17) is 15.0 Å². The van der Waals surface area contributed by atoms with Crippen LogP contribution in [-0.2, 0) is 0 Å². The fourth-order valence-electron chi connectivity index (χ4n) is 7.38. The third-order valence-electron chi connectivity index (χ3n) is 10.2. The minimum Gasteiger partial charge on any atom is -0.265 e. The van der Waals surface area contributed by atoms with Crippen LogP contribution in [0.3, 0.4) is 0 Å². The molecular formula is C50H32N4. The number of pyridine rings is 1. The first-order valence-corrected chi connectivity index (χ1v) is 18.1. The standard InChI is InChI=1S/C50H32N4/c1-2-11-36(12-3-1)48-52-49(42-21-22-47-41(29-42)20-18-35-10-6-7-16-46(35)47)54-50(53-48)45-31-43(39-15-8-14-38(27-39)34-23-25-51-26-24-34)30-44(32-45)40-19-17-33-9-4-5-13-37(33)28-40/h1-32H. The van der Waals surface area contributed by atoms with Crippen LogP contribution in [0.1, 0.15) is 0 Å². The molecule has 0 N–H and O–H groups in total. The lowest BCUT2D eigenvalue weighted by Crippen LogP contribution is -2.00. The molecule has 54 heavy (non-hydrogen) atoms. The first kappa shape index (κ1) is 31.4. The Bertz CT molecular complexity index is 2990. The van der Waals surface area contributed by atoms with E-state index < -0.39 is 0 Å². The average Bonchev–Trinajstić information content (AvgIpc) is 3.26. The molecule has 4 heteroatoms. The van der Waals surface area contributed by atoms with Crippen molar-refractivity contribution in [3.63, 3.8) is 0 Å². The van der Waals surface area contributed by atoms with Gasteiger partial charge in [0.25, 0.3) is 0 Å². The number of hydrogen-bond donors (Lipinski definition) is 0. The molecule has 2 heterocycles. The lowest BCUT2D eigenvalue weighted by atomic mass is 9.93. The molecule has 0 atom stereocenters. The van der Waals surface area contributed by atoms with E-state index in [1.165, 1.54) is 26.9 Å². The second-order valence-corrected chi connectivity index (χ2v) is 13.6. The molecule has 0 unspecified atom stereocenters. The van der Waals surface area contributed by atoms with Gasteiger partial charge in [0.2, 0.25) is 0 Å². The number of rotatable bonds is 6. The number of nitrogens with zero attached hydrogens (tertiary/aromatic N) is 4. The van der Waals surface area contributed by atoms with Gasteiger partial charge in [0.05, 0.1) is 0 Å². The summed E-state index contributed by atoms with van der Waals surface area (Å²) in [6.07, 6.45) is 3.67. The van der Waals surface area contributed by atoms with Gasteiger partial charge in [0.1, 0.15) is 0 Å². The van der Waals surface area contributed by atoms with E-state index in [-0.39, 0.29) is 0 Å². The average molecular weight is 689 g/mol. The molecule has 252 valence electrons. The molecule has 0 spiro atoms. The van der Waals surface area contributed by atoms with Gasteiger partial charge in [-0.2, -0.15) is 0 Å². The zero-order chi connectivity index (χ0) is 35.8. The van der Waals surface area contributed by atoms with Gasteiger partial charge in [-0.25, -0.2) is 15.0 Å². The zero-order valence-corrected chi connectivity index (χ0v) is 29.3. The fraction of sp³-hybridized carbons (Fsp3) is 0. The summed E-state index contributed by atoms with van der Waals surface area (Å²) < 4.78 is 0. The summed E-state index contributed by atoms with van der Waals surface area (Å²) in [5, 5.41) is 7.20. The van der Waals surface area contributed by atoms with Crippen LogP contribution in [0.25, 0.3) is 99.9 Å². The number of aromatic nitrogens is 4. The third-order valence-corrected chi connectivity index (χ3v) is 10.2. The van der Waals surface area contributed by atoms with Crippen LogP contribution in [-0.4, -0.2) is 19.9 Å². The van der Waals surface area contributed by atoms with Crippen molar-refractivity contribution in [1.82, 2.24) is 19.9 Å². The maximum Gasteiger partial charge on any atom is 0.164 e. The molecule has 4 nitrogen and oxygen atoms in total. The van der Waals surface area contributed by atoms with E-state index in [2.05, 4.69) is 157 Å². The highest BCUT2D eigenvalue weighted by atomic mass is 15.0. The topological polar surface area (TPSA) is 51.6 Å². The Balaban J connectivity index is 1.18. The van der Waals surface area contributed by atoms with Gasteiger partial charge in [-0.05, 0) is 114 Å². The molecule has 0 radical (unpaired) electrons. The zero-order valence-electron chi connectivity index (χ0n) is 29.3. The Morgan fingerprint density at radius 1 is 0.241 bits per heavy atom. The third kappa shape index (κ3) is 5.96. The molecule has 8 aromatic carbocycles. The predicted molar refractivity (Wildman–Crippen MR) is 223 cm³/mol. The highest BCUT2D eigenvalue weighted by Crippen LogP contribution is 2.36. The van der Waals surface area contributed by atoms with Gasteiger partial charge in [-0.15, -0.1) is 0 Å². The first-order chi connectivity index (χ1) is 26.7. The predicted octanol–water partition coefficient (Wildman–Crippen LogP) is 12.7. The lowest BCUT2D eigenvalue weighted by Gasteiger charge is -2.14. The maximum absolute atomic E-state index is 5.22. The van der Waals surface area contributed by atoms with E-state index in [1.807, 2.05) is 42.7 Å². The van der Waals surface area contributed by atoms with Crippen molar-refractivity contribution in [3.8, 4) is 67.5 Å². The van der Waals surface area contributed by atoms with Gasteiger partial charge in [-0.1, -0.05) is 133 Å². The Morgan fingerprint density at radius 3 is 1.54 bits per heavy atom. The number of fused-ring (bicyclic) bond motifs is 4. The molecule has 10 rings (SSSR count). The van der Waals surface area contributed by atoms with Crippen molar-refractivity contribution >= 4 is 32.3 Å². The molecule has 0 aliphatic rings. The molecule has 10 aromatic rings. The van der Waals surface area contributed by atoms with Gasteiger partial charge < -0.3 is 0 Å². The SMILES string of the molecule is c1ccc(-c2nc(-c3cc(-c4cccc(-c5ccncc5)c4)cc(-c4ccc5ccccc5c4)c3)nc(-c3ccc4c(ccc5ccccc54)c3)n2)cc1. The van der Waals surface area contributed by atoms with Crippen molar-refractivity contribution in [2.45, 2.75) is 0 Å². The van der Waals surface area contributed by atoms with Crippen LogP contribution in [0.5, 0.6) is 0 Å². The van der Waals surface area contributed by atoms with Crippen LogP contribution in [0, 0.1) is 0 Å². The van der Waals surface area contributed by atoms with E-state index in [0.717, 1.165) is 55.5 Å². The second-order valence-electron chi connectivity index (χ2n) is 13.6. The molecule has 0 aliphatic carbocycles. The van der Waals surface area contributed by atoms with Gasteiger partial charge in [0.15, 0.2) is 17.5 Å². The Morgan fingerprint density at radius 2 is 0.741 bits per heavy atom. The monoisotopic (exact) mass is 688 g/mol. The number of benzene rings is 8. The highest BCUT2D eigenvalue weighted by molar-refractivity contribution is 6.08. The van der Waals surface area contributed by atoms with Crippen LogP contribution >= 0.6 is 0 Å². The summed E-state index contributed by atoms with van der Waals surface area (Å²) in [5.74, 6) is 1.88. The molecule has 0 saturated heterocycles. The Kier molecular flexibility index (Phi) is 7.77. The minimum atomic E-state index is 0.617. The molecule has 0 fully saturated rings. The van der Waals surface area contributed by atoms with Crippen molar-refractivity contribution in [2.24, 2.45) is 0 Å². The molecule has 2 aromatic heterocycles. The summed E-state index contributed by atoms with van der Waals surface area (Å²) >= 11 is 0. The van der Waals surface area contributed by atoms with Crippen LogP contribution < -0.4 is 0 Å².